The van der Waals surface area contributed by atoms with Crippen LogP contribution in [0, 0.1) is 6.92 Å². The molecule has 4 heteroatoms. The van der Waals surface area contributed by atoms with Gasteiger partial charge in [0.2, 0.25) is 0 Å². The lowest BCUT2D eigenvalue weighted by Crippen LogP contribution is -2.09. The van der Waals surface area contributed by atoms with Crippen LogP contribution in [-0.2, 0) is 19.4 Å². The molecule has 0 bridgehead atoms. The molecule has 20 heavy (non-hydrogen) atoms. The van der Waals surface area contributed by atoms with Crippen molar-refractivity contribution < 1.29 is 5.11 Å². The Labute approximate surface area is 128 Å². The molecule has 108 valence electrons. The molecule has 0 amide bonds. The van der Waals surface area contributed by atoms with Gasteiger partial charge in [-0.05, 0) is 38.0 Å². The van der Waals surface area contributed by atoms with Crippen molar-refractivity contribution >= 4 is 15.9 Å². The van der Waals surface area contributed by atoms with Crippen molar-refractivity contribution in [1.29, 1.82) is 0 Å². The van der Waals surface area contributed by atoms with Crippen molar-refractivity contribution in [3.8, 4) is 0 Å². The van der Waals surface area contributed by atoms with Crippen LogP contribution in [-0.4, -0.2) is 14.9 Å². The second kappa shape index (κ2) is 6.55. The third kappa shape index (κ3) is 3.30. The van der Waals surface area contributed by atoms with Gasteiger partial charge in [-0.1, -0.05) is 40.5 Å². The Hall–Kier alpha value is -1.13. The molecular formula is C16H21BrN2O. The summed E-state index contributed by atoms with van der Waals surface area (Å²) >= 11 is 3.52. The van der Waals surface area contributed by atoms with Gasteiger partial charge in [0, 0.05) is 23.1 Å². The number of aryl methyl sites for hydroxylation is 3. The molecule has 3 nitrogen and oxygen atoms in total. The highest BCUT2D eigenvalue weighted by Gasteiger charge is 2.15. The molecule has 0 fully saturated rings. The van der Waals surface area contributed by atoms with Crippen LogP contribution >= 0.6 is 15.9 Å². The third-order valence-electron chi connectivity index (χ3n) is 3.49. The molecular weight excluding hydrogens is 316 g/mol. The molecule has 2 aromatic rings. The first-order chi connectivity index (χ1) is 9.55. The highest BCUT2D eigenvalue weighted by Crippen LogP contribution is 2.27. The Morgan fingerprint density at radius 1 is 1.30 bits per heavy atom. The first-order valence-electron chi connectivity index (χ1n) is 7.04. The number of hydrogen-bond donors (Lipinski definition) is 1. The molecule has 0 aliphatic carbocycles. The lowest BCUT2D eigenvalue weighted by Gasteiger charge is -2.14. The van der Waals surface area contributed by atoms with Crippen molar-refractivity contribution in [2.45, 2.75) is 46.3 Å². The molecule has 0 radical (unpaired) electrons. The molecule has 0 aliphatic rings. The van der Waals surface area contributed by atoms with Crippen LogP contribution in [0.4, 0.5) is 0 Å². The Balaban J connectivity index is 2.24. The number of rotatable bonds is 5. The Morgan fingerprint density at radius 3 is 2.70 bits per heavy atom. The van der Waals surface area contributed by atoms with Crippen LogP contribution in [0.2, 0.25) is 0 Å². The lowest BCUT2D eigenvalue weighted by atomic mass is 10.0. The zero-order valence-electron chi connectivity index (χ0n) is 12.2. The maximum atomic E-state index is 10.5. The molecule has 1 aromatic carbocycles. The van der Waals surface area contributed by atoms with Crippen molar-refractivity contribution in [2.24, 2.45) is 0 Å². The first kappa shape index (κ1) is 15.3. The fraction of sp³-hybridized carbons (Fsp3) is 0.438. The number of benzene rings is 1. The number of hydrogen-bond acceptors (Lipinski definition) is 2. The number of halogens is 1. The van der Waals surface area contributed by atoms with E-state index >= 15 is 0 Å². The molecule has 1 atom stereocenters. The number of aliphatic hydroxyl groups is 1. The van der Waals surface area contributed by atoms with Crippen LogP contribution in [0.15, 0.2) is 28.7 Å². The molecule has 1 heterocycles. The number of aromatic nitrogens is 2. The van der Waals surface area contributed by atoms with Gasteiger partial charge in [0.25, 0.3) is 0 Å². The summed E-state index contributed by atoms with van der Waals surface area (Å²) in [4.78, 5) is 0. The maximum Gasteiger partial charge on any atom is 0.0856 e. The molecule has 1 aromatic heterocycles. The van der Waals surface area contributed by atoms with Gasteiger partial charge in [0.05, 0.1) is 11.8 Å². The highest BCUT2D eigenvalue weighted by molar-refractivity contribution is 9.10. The normalized spacial score (nSPS) is 12.7. The minimum atomic E-state index is -0.518. The predicted octanol–water partition coefficient (Wildman–Crippen LogP) is 3.81. The molecule has 0 spiro atoms. The average molecular weight is 337 g/mol. The van der Waals surface area contributed by atoms with Crippen LogP contribution in [0.1, 0.15) is 42.5 Å². The highest BCUT2D eigenvalue weighted by atomic mass is 79.9. The van der Waals surface area contributed by atoms with E-state index in [0.29, 0.717) is 6.42 Å². The summed E-state index contributed by atoms with van der Waals surface area (Å²) in [5, 5.41) is 15.0. The van der Waals surface area contributed by atoms with E-state index in [1.807, 2.05) is 29.8 Å². The minimum Gasteiger partial charge on any atom is -0.388 e. The van der Waals surface area contributed by atoms with E-state index in [-0.39, 0.29) is 0 Å². The van der Waals surface area contributed by atoms with Gasteiger partial charge in [0.15, 0.2) is 0 Å². The second-order valence-electron chi connectivity index (χ2n) is 5.04. The molecule has 0 saturated heterocycles. The number of aliphatic hydroxyl groups excluding tert-OH is 1. The fourth-order valence-corrected chi connectivity index (χ4v) is 2.86. The monoisotopic (exact) mass is 336 g/mol. The second-order valence-corrected chi connectivity index (χ2v) is 5.90. The van der Waals surface area contributed by atoms with Gasteiger partial charge in [0.1, 0.15) is 0 Å². The lowest BCUT2D eigenvalue weighted by molar-refractivity contribution is 0.174. The summed E-state index contributed by atoms with van der Waals surface area (Å²) in [5.41, 5.74) is 4.26. The fourth-order valence-electron chi connectivity index (χ4n) is 2.35. The SMILES string of the molecule is CCc1cc(CC(O)c2cc(C)ccc2Br)n(CC)n1. The Kier molecular flexibility index (Phi) is 5.00. The molecule has 0 saturated carbocycles. The quantitative estimate of drug-likeness (QED) is 0.901. The van der Waals surface area contributed by atoms with E-state index < -0.39 is 6.10 Å². The summed E-state index contributed by atoms with van der Waals surface area (Å²) in [7, 11) is 0. The van der Waals surface area contributed by atoms with Gasteiger partial charge in [-0.25, -0.2) is 0 Å². The van der Waals surface area contributed by atoms with Crippen molar-refractivity contribution in [1.82, 2.24) is 9.78 Å². The molecule has 1 N–H and O–H groups in total. The molecule has 2 rings (SSSR count). The summed E-state index contributed by atoms with van der Waals surface area (Å²) < 4.78 is 2.93. The average Bonchev–Trinajstić information content (AvgIpc) is 2.83. The van der Waals surface area contributed by atoms with Gasteiger partial charge >= 0.3 is 0 Å². The van der Waals surface area contributed by atoms with E-state index in [9.17, 15) is 5.11 Å². The third-order valence-corrected chi connectivity index (χ3v) is 4.21. The van der Waals surface area contributed by atoms with E-state index in [4.69, 9.17) is 0 Å². The van der Waals surface area contributed by atoms with Gasteiger partial charge in [-0.15, -0.1) is 0 Å². The van der Waals surface area contributed by atoms with Crippen LogP contribution in [0.3, 0.4) is 0 Å². The summed E-state index contributed by atoms with van der Waals surface area (Å²) in [6.07, 6.45) is 0.989. The summed E-state index contributed by atoms with van der Waals surface area (Å²) in [5.74, 6) is 0. The Bertz CT molecular complexity index is 592. The van der Waals surface area contributed by atoms with E-state index in [1.165, 1.54) is 0 Å². The van der Waals surface area contributed by atoms with E-state index in [2.05, 4.69) is 40.9 Å². The molecule has 1 unspecified atom stereocenters. The molecule has 0 aliphatic heterocycles. The minimum absolute atomic E-state index is 0.518. The predicted molar refractivity (Wildman–Crippen MR) is 84.8 cm³/mol. The van der Waals surface area contributed by atoms with Gasteiger partial charge in [-0.2, -0.15) is 5.10 Å². The van der Waals surface area contributed by atoms with Crippen LogP contribution in [0.25, 0.3) is 0 Å². The van der Waals surface area contributed by atoms with Crippen molar-refractivity contribution in [2.75, 3.05) is 0 Å². The topological polar surface area (TPSA) is 38.0 Å². The van der Waals surface area contributed by atoms with Gasteiger partial charge < -0.3 is 5.11 Å². The smallest absolute Gasteiger partial charge is 0.0856 e. The zero-order valence-corrected chi connectivity index (χ0v) is 13.8. The van der Waals surface area contributed by atoms with Crippen molar-refractivity contribution in [3.05, 3.63) is 51.3 Å². The van der Waals surface area contributed by atoms with Crippen LogP contribution < -0.4 is 0 Å². The van der Waals surface area contributed by atoms with Gasteiger partial charge in [-0.3, -0.25) is 4.68 Å². The van der Waals surface area contributed by atoms with Crippen LogP contribution in [0.5, 0.6) is 0 Å². The summed E-state index contributed by atoms with van der Waals surface area (Å²) in [6.45, 7) is 7.04. The van der Waals surface area contributed by atoms with Crippen molar-refractivity contribution in [3.63, 3.8) is 0 Å². The van der Waals surface area contributed by atoms with E-state index in [1.54, 1.807) is 0 Å². The Morgan fingerprint density at radius 2 is 2.05 bits per heavy atom. The van der Waals surface area contributed by atoms with E-state index in [0.717, 1.165) is 40.0 Å². The standard InChI is InChI=1S/C16H21BrN2O/c1-4-12-9-13(19(5-2)18-12)10-16(20)14-8-11(3)6-7-15(14)17/h6-9,16,20H,4-5,10H2,1-3H3. The zero-order chi connectivity index (χ0) is 14.7. The largest absolute Gasteiger partial charge is 0.388 e. The maximum absolute atomic E-state index is 10.5. The summed E-state index contributed by atoms with van der Waals surface area (Å²) in [6, 6.07) is 8.15. The first-order valence-corrected chi connectivity index (χ1v) is 7.84. The number of nitrogens with zero attached hydrogens (tertiary/aromatic N) is 2.